The number of carboxylic acids is 1. The van der Waals surface area contributed by atoms with E-state index in [9.17, 15) is 9.90 Å². The summed E-state index contributed by atoms with van der Waals surface area (Å²) in [5, 5.41) is 16.9. The predicted molar refractivity (Wildman–Crippen MR) is 74.1 cm³/mol. The number of carboxylic acid groups (broad SMARTS) is 1. The van der Waals surface area contributed by atoms with Crippen LogP contribution in [0.2, 0.25) is 0 Å². The molecular formula is C14H18N4O2. The summed E-state index contributed by atoms with van der Waals surface area (Å²) in [6.07, 6.45) is 3.77. The number of nitrogens with zero attached hydrogens (tertiary/aromatic N) is 3. The molecule has 0 aliphatic rings. The van der Waals surface area contributed by atoms with Crippen molar-refractivity contribution in [1.82, 2.24) is 20.1 Å². The monoisotopic (exact) mass is 274 g/mol. The van der Waals surface area contributed by atoms with Gasteiger partial charge in [0.1, 0.15) is 12.7 Å². The second-order valence-electron chi connectivity index (χ2n) is 4.60. The molecule has 1 heterocycles. The molecule has 1 unspecified atom stereocenters. The highest BCUT2D eigenvalue weighted by molar-refractivity contribution is 5.80. The van der Waals surface area contributed by atoms with Crippen LogP contribution in [0.4, 0.5) is 0 Å². The topological polar surface area (TPSA) is 80.0 Å². The molecule has 20 heavy (non-hydrogen) atoms. The first-order chi connectivity index (χ1) is 9.69. The van der Waals surface area contributed by atoms with Crippen LogP contribution in [0.3, 0.4) is 0 Å². The molecule has 1 aromatic carbocycles. The molecule has 0 saturated heterocycles. The van der Waals surface area contributed by atoms with Gasteiger partial charge in [0.25, 0.3) is 0 Å². The van der Waals surface area contributed by atoms with Crippen LogP contribution < -0.4 is 5.32 Å². The first kappa shape index (κ1) is 14.2. The third-order valence-electron chi connectivity index (χ3n) is 3.17. The van der Waals surface area contributed by atoms with E-state index < -0.39 is 11.5 Å². The van der Waals surface area contributed by atoms with E-state index in [2.05, 4.69) is 15.4 Å². The second-order valence-corrected chi connectivity index (χ2v) is 4.60. The summed E-state index contributed by atoms with van der Waals surface area (Å²) in [6.45, 7) is 2.79. The van der Waals surface area contributed by atoms with Gasteiger partial charge in [0, 0.05) is 0 Å². The summed E-state index contributed by atoms with van der Waals surface area (Å²) in [4.78, 5) is 15.8. The molecular weight excluding hydrogens is 256 g/mol. The van der Waals surface area contributed by atoms with Gasteiger partial charge in [-0.3, -0.25) is 10.00 Å². The molecule has 6 heteroatoms. The summed E-state index contributed by atoms with van der Waals surface area (Å²) in [5.74, 6) is -0.923. The molecule has 0 fully saturated rings. The van der Waals surface area contributed by atoms with Crippen LogP contribution in [0.15, 0.2) is 43.0 Å². The Morgan fingerprint density at radius 3 is 2.70 bits per heavy atom. The lowest BCUT2D eigenvalue weighted by Gasteiger charge is -2.31. The van der Waals surface area contributed by atoms with E-state index in [4.69, 9.17) is 0 Å². The van der Waals surface area contributed by atoms with Gasteiger partial charge in [-0.25, -0.2) is 9.78 Å². The Labute approximate surface area is 117 Å². The minimum atomic E-state index is -1.20. The fraction of sp³-hybridized carbons (Fsp3) is 0.357. The maximum Gasteiger partial charge on any atom is 0.330 e. The van der Waals surface area contributed by atoms with Crippen LogP contribution in [0, 0.1) is 0 Å². The maximum atomic E-state index is 11.9. The lowest BCUT2D eigenvalue weighted by molar-refractivity contribution is -0.146. The average Bonchev–Trinajstić information content (AvgIpc) is 2.97. The van der Waals surface area contributed by atoms with Crippen molar-refractivity contribution < 1.29 is 9.90 Å². The molecule has 0 amide bonds. The molecule has 0 radical (unpaired) electrons. The van der Waals surface area contributed by atoms with Crippen molar-refractivity contribution in [2.75, 3.05) is 6.54 Å². The largest absolute Gasteiger partial charge is 0.480 e. The zero-order valence-electron chi connectivity index (χ0n) is 11.4. The third-order valence-corrected chi connectivity index (χ3v) is 3.17. The van der Waals surface area contributed by atoms with E-state index in [0.29, 0.717) is 12.1 Å². The van der Waals surface area contributed by atoms with Crippen LogP contribution in [-0.2, 0) is 16.9 Å². The Kier molecular flexibility index (Phi) is 4.47. The quantitative estimate of drug-likeness (QED) is 0.794. The highest BCUT2D eigenvalue weighted by Gasteiger charge is 2.40. The number of nitrogens with one attached hydrogen (secondary N) is 1. The predicted octanol–water partition coefficient (Wildman–Crippen LogP) is 1.26. The van der Waals surface area contributed by atoms with Gasteiger partial charge in [0.2, 0.25) is 0 Å². The van der Waals surface area contributed by atoms with E-state index in [-0.39, 0.29) is 6.54 Å². The van der Waals surface area contributed by atoms with Crippen LogP contribution in [0.1, 0.15) is 18.9 Å². The molecule has 1 aromatic heterocycles. The van der Waals surface area contributed by atoms with E-state index in [0.717, 1.165) is 6.42 Å². The zero-order chi connectivity index (χ0) is 14.4. The van der Waals surface area contributed by atoms with E-state index in [1.165, 1.54) is 17.3 Å². The van der Waals surface area contributed by atoms with E-state index in [1.54, 1.807) is 0 Å². The molecule has 1 atom stereocenters. The average molecular weight is 274 g/mol. The van der Waals surface area contributed by atoms with Crippen molar-refractivity contribution in [1.29, 1.82) is 0 Å². The van der Waals surface area contributed by atoms with Crippen molar-refractivity contribution in [3.63, 3.8) is 0 Å². The Morgan fingerprint density at radius 1 is 1.40 bits per heavy atom. The third kappa shape index (κ3) is 2.85. The van der Waals surface area contributed by atoms with Gasteiger partial charge in [-0.2, -0.15) is 5.10 Å². The molecule has 0 bridgehead atoms. The summed E-state index contributed by atoms with van der Waals surface area (Å²) in [7, 11) is 0. The lowest BCUT2D eigenvalue weighted by Crippen LogP contribution is -2.52. The molecule has 0 spiro atoms. The van der Waals surface area contributed by atoms with Gasteiger partial charge in [0.05, 0.1) is 6.54 Å². The number of hydrogen-bond acceptors (Lipinski definition) is 4. The van der Waals surface area contributed by atoms with Gasteiger partial charge in [-0.05, 0) is 18.5 Å². The summed E-state index contributed by atoms with van der Waals surface area (Å²) >= 11 is 0. The number of rotatable bonds is 7. The number of aromatic nitrogens is 3. The number of carbonyl (C=O) groups is 1. The van der Waals surface area contributed by atoms with Crippen molar-refractivity contribution in [2.45, 2.75) is 25.4 Å². The highest BCUT2D eigenvalue weighted by atomic mass is 16.4. The fourth-order valence-corrected chi connectivity index (χ4v) is 2.13. The normalized spacial score (nSPS) is 13.8. The van der Waals surface area contributed by atoms with Crippen molar-refractivity contribution in [2.24, 2.45) is 0 Å². The van der Waals surface area contributed by atoms with E-state index >= 15 is 0 Å². The van der Waals surface area contributed by atoms with Gasteiger partial charge < -0.3 is 5.11 Å². The van der Waals surface area contributed by atoms with Gasteiger partial charge in [0.15, 0.2) is 5.54 Å². The van der Waals surface area contributed by atoms with Gasteiger partial charge in [-0.1, -0.05) is 37.3 Å². The molecule has 2 N–H and O–H groups in total. The molecule has 0 saturated carbocycles. The Bertz CT molecular complexity index is 542. The summed E-state index contributed by atoms with van der Waals surface area (Å²) in [6, 6.07) is 9.16. The summed E-state index contributed by atoms with van der Waals surface area (Å²) in [5.41, 5.74) is -0.498. The first-order valence-electron chi connectivity index (χ1n) is 6.55. The van der Waals surface area contributed by atoms with Crippen LogP contribution in [0.25, 0.3) is 0 Å². The minimum Gasteiger partial charge on any atom is -0.480 e. The number of aliphatic carboxylic acids is 1. The maximum absolute atomic E-state index is 11.9. The minimum absolute atomic E-state index is 0.187. The molecule has 2 aromatic rings. The molecule has 6 nitrogen and oxygen atoms in total. The highest BCUT2D eigenvalue weighted by Crippen LogP contribution is 2.23. The molecule has 106 valence electrons. The molecule has 0 aliphatic carbocycles. The standard InChI is InChI=1S/C14H18N4O2/c1-2-8-16-14(13(19)20,9-18-11-15-10-17-18)12-6-4-3-5-7-12/h3-7,10-11,16H,2,8-9H2,1H3,(H,19,20). The van der Waals surface area contributed by atoms with Crippen molar-refractivity contribution in [3.8, 4) is 0 Å². The SMILES string of the molecule is CCCNC(Cn1cncn1)(C(=O)O)c1ccccc1. The molecule has 0 aliphatic heterocycles. The van der Waals surface area contributed by atoms with Gasteiger partial charge in [-0.15, -0.1) is 0 Å². The number of hydrogen-bond donors (Lipinski definition) is 2. The van der Waals surface area contributed by atoms with Crippen LogP contribution >= 0.6 is 0 Å². The smallest absolute Gasteiger partial charge is 0.330 e. The number of benzene rings is 1. The van der Waals surface area contributed by atoms with Crippen molar-refractivity contribution >= 4 is 5.97 Å². The first-order valence-corrected chi connectivity index (χ1v) is 6.55. The lowest BCUT2D eigenvalue weighted by atomic mass is 9.89. The Morgan fingerprint density at radius 2 is 2.15 bits per heavy atom. The fourth-order valence-electron chi connectivity index (χ4n) is 2.13. The summed E-state index contributed by atoms with van der Waals surface area (Å²) < 4.78 is 1.53. The van der Waals surface area contributed by atoms with E-state index in [1.807, 2.05) is 37.3 Å². The van der Waals surface area contributed by atoms with Crippen LogP contribution in [0.5, 0.6) is 0 Å². The second kappa shape index (κ2) is 6.29. The molecule has 2 rings (SSSR count). The Balaban J connectivity index is 2.41. The Hall–Kier alpha value is -2.21. The van der Waals surface area contributed by atoms with Crippen LogP contribution in [-0.4, -0.2) is 32.4 Å². The zero-order valence-corrected chi connectivity index (χ0v) is 11.4. The van der Waals surface area contributed by atoms with Gasteiger partial charge >= 0.3 is 5.97 Å². The van der Waals surface area contributed by atoms with Crippen molar-refractivity contribution in [3.05, 3.63) is 48.5 Å².